The summed E-state index contributed by atoms with van der Waals surface area (Å²) >= 11 is 0. The van der Waals surface area contributed by atoms with Gasteiger partial charge in [-0.3, -0.25) is 14.9 Å². The minimum atomic E-state index is -0.774. The van der Waals surface area contributed by atoms with Gasteiger partial charge in [0.05, 0.1) is 30.3 Å². The highest BCUT2D eigenvalue weighted by Crippen LogP contribution is 2.22. The highest BCUT2D eigenvalue weighted by molar-refractivity contribution is 6.06. The number of rotatable bonds is 6. The molecular formula is C23H18N4O5. The van der Waals surface area contributed by atoms with Gasteiger partial charge in [0.2, 0.25) is 0 Å². The van der Waals surface area contributed by atoms with Crippen LogP contribution in [0.3, 0.4) is 0 Å². The lowest BCUT2D eigenvalue weighted by Gasteiger charge is -2.11. The fraction of sp³-hybridized carbons (Fsp3) is 0.0870. The van der Waals surface area contributed by atoms with Gasteiger partial charge in [-0.2, -0.15) is 5.10 Å². The number of esters is 1. The first-order valence-corrected chi connectivity index (χ1v) is 9.64. The van der Waals surface area contributed by atoms with Crippen molar-refractivity contribution in [1.29, 1.82) is 0 Å². The van der Waals surface area contributed by atoms with E-state index in [0.29, 0.717) is 12.4 Å². The molecule has 3 aromatic carbocycles. The molecule has 32 heavy (non-hydrogen) atoms. The van der Waals surface area contributed by atoms with Crippen molar-refractivity contribution < 1.29 is 19.2 Å². The highest BCUT2D eigenvalue weighted by atomic mass is 16.6. The van der Waals surface area contributed by atoms with Crippen molar-refractivity contribution in [2.75, 3.05) is 12.4 Å². The van der Waals surface area contributed by atoms with Crippen molar-refractivity contribution in [2.24, 2.45) is 0 Å². The van der Waals surface area contributed by atoms with Crippen molar-refractivity contribution >= 4 is 34.2 Å². The minimum absolute atomic E-state index is 0.0440. The number of nitrogens with zero attached hydrogens (tertiary/aromatic N) is 3. The van der Waals surface area contributed by atoms with Gasteiger partial charge in [-0.1, -0.05) is 42.5 Å². The molecule has 4 rings (SSSR count). The topological polar surface area (TPSA) is 116 Å². The second kappa shape index (κ2) is 8.68. The largest absolute Gasteiger partial charge is 0.465 e. The second-order valence-electron chi connectivity index (χ2n) is 6.98. The van der Waals surface area contributed by atoms with E-state index in [0.717, 1.165) is 35.6 Å². The lowest BCUT2D eigenvalue weighted by atomic mass is 10.0. The number of methoxy groups -OCH3 is 1. The lowest BCUT2D eigenvalue weighted by Crippen LogP contribution is -2.17. The molecule has 1 amide bonds. The summed E-state index contributed by atoms with van der Waals surface area (Å²) in [5.74, 6) is -0.976. The Morgan fingerprint density at radius 1 is 1.06 bits per heavy atom. The summed E-state index contributed by atoms with van der Waals surface area (Å²) in [6.45, 7) is 0.409. The molecule has 0 aliphatic carbocycles. The zero-order valence-corrected chi connectivity index (χ0v) is 17.0. The van der Waals surface area contributed by atoms with Gasteiger partial charge in [-0.25, -0.2) is 9.48 Å². The molecule has 0 bridgehead atoms. The number of amides is 1. The molecule has 160 valence electrons. The van der Waals surface area contributed by atoms with Crippen LogP contribution >= 0.6 is 0 Å². The van der Waals surface area contributed by atoms with Gasteiger partial charge in [0, 0.05) is 23.8 Å². The number of hydrogen-bond acceptors (Lipinski definition) is 6. The van der Waals surface area contributed by atoms with E-state index >= 15 is 0 Å². The average molecular weight is 430 g/mol. The first-order chi connectivity index (χ1) is 15.5. The molecule has 9 nitrogen and oxygen atoms in total. The number of aromatic nitrogens is 2. The van der Waals surface area contributed by atoms with Crippen LogP contribution in [0, 0.1) is 10.1 Å². The van der Waals surface area contributed by atoms with Crippen molar-refractivity contribution in [3.8, 4) is 0 Å². The zero-order chi connectivity index (χ0) is 22.7. The van der Waals surface area contributed by atoms with Gasteiger partial charge in [-0.05, 0) is 22.4 Å². The first-order valence-electron chi connectivity index (χ1n) is 9.64. The molecule has 0 aliphatic rings. The van der Waals surface area contributed by atoms with Gasteiger partial charge in [0.1, 0.15) is 5.82 Å². The fourth-order valence-corrected chi connectivity index (χ4v) is 3.43. The standard InChI is InChI=1S/C23H18N4O5/c1-32-23(29)18-11-17(12-19(13-18)27(30)31)22(28)25-21-9-10-24-26(21)14-16-7-4-6-15-5-2-3-8-20(15)16/h2-13H,14H2,1H3,(H,25,28). The molecule has 1 aromatic heterocycles. The number of carbonyl (C=O) groups is 2. The number of anilines is 1. The third-order valence-electron chi connectivity index (χ3n) is 4.97. The van der Waals surface area contributed by atoms with Crippen molar-refractivity contribution in [3.63, 3.8) is 0 Å². The molecule has 1 N–H and O–H groups in total. The van der Waals surface area contributed by atoms with E-state index < -0.39 is 16.8 Å². The monoisotopic (exact) mass is 430 g/mol. The predicted octanol–water partition coefficient (Wildman–Crippen LogP) is 4.03. The number of benzene rings is 3. The van der Waals surface area contributed by atoms with E-state index in [9.17, 15) is 19.7 Å². The number of carbonyl (C=O) groups excluding carboxylic acids is 2. The maximum absolute atomic E-state index is 12.8. The maximum Gasteiger partial charge on any atom is 0.338 e. The van der Waals surface area contributed by atoms with Crippen LogP contribution in [-0.2, 0) is 11.3 Å². The van der Waals surface area contributed by atoms with E-state index in [1.54, 1.807) is 16.9 Å². The number of nitro groups is 1. The van der Waals surface area contributed by atoms with Crippen LogP contribution < -0.4 is 5.32 Å². The van der Waals surface area contributed by atoms with E-state index in [-0.39, 0.29) is 16.8 Å². The van der Waals surface area contributed by atoms with Gasteiger partial charge in [0.15, 0.2) is 0 Å². The van der Waals surface area contributed by atoms with Crippen molar-refractivity contribution in [1.82, 2.24) is 9.78 Å². The summed E-state index contributed by atoms with van der Waals surface area (Å²) < 4.78 is 6.25. The molecule has 0 saturated carbocycles. The van der Waals surface area contributed by atoms with E-state index in [4.69, 9.17) is 0 Å². The fourth-order valence-electron chi connectivity index (χ4n) is 3.43. The van der Waals surface area contributed by atoms with Gasteiger partial charge < -0.3 is 10.1 Å². The Labute approximate surface area is 182 Å². The lowest BCUT2D eigenvalue weighted by molar-refractivity contribution is -0.384. The minimum Gasteiger partial charge on any atom is -0.465 e. The van der Waals surface area contributed by atoms with Crippen molar-refractivity contribution in [2.45, 2.75) is 6.54 Å². The average Bonchev–Trinajstić information content (AvgIpc) is 3.24. The SMILES string of the molecule is COC(=O)c1cc(C(=O)Nc2ccnn2Cc2cccc3ccccc23)cc([N+](=O)[O-])c1. The second-order valence-corrected chi connectivity index (χ2v) is 6.98. The molecule has 0 fully saturated rings. The van der Waals surface area contributed by atoms with Crippen LogP contribution in [0.4, 0.5) is 11.5 Å². The van der Waals surface area contributed by atoms with Crippen LogP contribution in [0.2, 0.25) is 0 Å². The van der Waals surface area contributed by atoms with E-state index in [1.165, 1.54) is 6.07 Å². The molecule has 0 spiro atoms. The Morgan fingerprint density at radius 2 is 1.81 bits per heavy atom. The third-order valence-corrected chi connectivity index (χ3v) is 4.97. The van der Waals surface area contributed by atoms with Gasteiger partial charge >= 0.3 is 5.97 Å². The summed E-state index contributed by atoms with van der Waals surface area (Å²) in [6, 6.07) is 19.0. The molecular weight excluding hydrogens is 412 g/mol. The molecule has 9 heteroatoms. The number of nitrogens with one attached hydrogen (secondary N) is 1. The molecule has 1 heterocycles. The summed E-state index contributed by atoms with van der Waals surface area (Å²) in [6.07, 6.45) is 1.55. The molecule has 0 atom stereocenters. The molecule has 0 aliphatic heterocycles. The summed E-state index contributed by atoms with van der Waals surface area (Å²) in [5, 5.41) is 20.4. The van der Waals surface area contributed by atoms with E-state index in [2.05, 4.69) is 15.2 Å². The number of ether oxygens (including phenoxy) is 1. The van der Waals surface area contributed by atoms with Crippen LogP contribution in [0.25, 0.3) is 10.8 Å². The van der Waals surface area contributed by atoms with Crippen LogP contribution in [-0.4, -0.2) is 33.7 Å². The Balaban J connectivity index is 1.62. The molecule has 0 saturated heterocycles. The number of nitro benzene ring substituents is 1. The van der Waals surface area contributed by atoms with Crippen molar-refractivity contribution in [3.05, 3.63) is 99.7 Å². The van der Waals surface area contributed by atoms with Gasteiger partial charge in [0.25, 0.3) is 11.6 Å². The Kier molecular flexibility index (Phi) is 5.63. The van der Waals surface area contributed by atoms with E-state index in [1.807, 2.05) is 42.5 Å². The smallest absolute Gasteiger partial charge is 0.338 e. The number of hydrogen-bond donors (Lipinski definition) is 1. The predicted molar refractivity (Wildman–Crippen MR) is 118 cm³/mol. The van der Waals surface area contributed by atoms with Crippen LogP contribution in [0.15, 0.2) is 72.9 Å². The maximum atomic E-state index is 12.8. The molecule has 4 aromatic rings. The Bertz CT molecular complexity index is 1340. The van der Waals surface area contributed by atoms with Gasteiger partial charge in [-0.15, -0.1) is 0 Å². The summed E-state index contributed by atoms with van der Waals surface area (Å²) in [7, 11) is 1.16. The quantitative estimate of drug-likeness (QED) is 0.280. The molecule has 0 unspecified atom stereocenters. The van der Waals surface area contributed by atoms with Crippen LogP contribution in [0.1, 0.15) is 26.3 Å². The number of non-ortho nitro benzene ring substituents is 1. The Morgan fingerprint density at radius 3 is 2.59 bits per heavy atom. The molecule has 0 radical (unpaired) electrons. The Hall–Kier alpha value is -4.53. The summed E-state index contributed by atoms with van der Waals surface area (Å²) in [4.78, 5) is 35.2. The van der Waals surface area contributed by atoms with Crippen LogP contribution in [0.5, 0.6) is 0 Å². The summed E-state index contributed by atoms with van der Waals surface area (Å²) in [5.41, 5.74) is 0.501. The normalized spacial score (nSPS) is 10.7. The number of fused-ring (bicyclic) bond motifs is 1. The zero-order valence-electron chi connectivity index (χ0n) is 17.0. The highest BCUT2D eigenvalue weighted by Gasteiger charge is 2.19. The third kappa shape index (κ3) is 4.17. The first kappa shape index (κ1) is 20.7.